The van der Waals surface area contributed by atoms with Gasteiger partial charge in [0.05, 0.1) is 0 Å². The van der Waals surface area contributed by atoms with Crippen LogP contribution >= 0.6 is 0 Å². The molecule has 2 rings (SSSR count). The Labute approximate surface area is 92.1 Å². The van der Waals surface area contributed by atoms with Crippen molar-refractivity contribution in [2.75, 3.05) is 6.61 Å². The Morgan fingerprint density at radius 1 is 1.40 bits per heavy atom. The number of fused-ring (bicyclic) bond motifs is 1. The molecule has 0 saturated heterocycles. The van der Waals surface area contributed by atoms with Crippen molar-refractivity contribution in [1.82, 2.24) is 0 Å². The number of aliphatic hydroxyl groups excluding tert-OH is 1. The smallest absolute Gasteiger partial charge is 0.0433 e. The second-order valence-electron chi connectivity index (χ2n) is 4.69. The first-order valence-electron chi connectivity index (χ1n) is 6.01. The lowest BCUT2D eigenvalue weighted by molar-refractivity contribution is 0.243. The van der Waals surface area contributed by atoms with Crippen LogP contribution in [0.25, 0.3) is 0 Å². The molecule has 0 unspecified atom stereocenters. The van der Waals surface area contributed by atoms with Crippen molar-refractivity contribution in [2.24, 2.45) is 5.92 Å². The van der Waals surface area contributed by atoms with Gasteiger partial charge < -0.3 is 5.11 Å². The average molecular weight is 204 g/mol. The average Bonchev–Trinajstić information content (AvgIpc) is 2.28. The molecule has 0 fully saturated rings. The second-order valence-corrected chi connectivity index (χ2v) is 4.69. The highest BCUT2D eigenvalue weighted by Gasteiger charge is 2.24. The zero-order valence-corrected chi connectivity index (χ0v) is 9.45. The Kier molecular flexibility index (Phi) is 3.42. The Morgan fingerprint density at radius 3 is 3.00 bits per heavy atom. The zero-order valence-electron chi connectivity index (χ0n) is 9.45. The van der Waals surface area contributed by atoms with Gasteiger partial charge in [-0.2, -0.15) is 0 Å². The number of aryl methyl sites for hydroxylation is 1. The van der Waals surface area contributed by atoms with E-state index in [1.165, 1.54) is 30.4 Å². The standard InChI is InChI=1S/C14H20O/c1-11(9-10-15)13-8-4-6-12-5-2-3-7-14(12)13/h2-3,5,7,11,13,15H,4,6,8-10H2,1H3/t11-,13+/m0/s1. The van der Waals surface area contributed by atoms with Crippen molar-refractivity contribution in [3.63, 3.8) is 0 Å². The molecule has 15 heavy (non-hydrogen) atoms. The van der Waals surface area contributed by atoms with Crippen molar-refractivity contribution in [2.45, 2.75) is 38.5 Å². The van der Waals surface area contributed by atoms with Crippen LogP contribution in [-0.4, -0.2) is 11.7 Å². The van der Waals surface area contributed by atoms with Gasteiger partial charge in [-0.15, -0.1) is 0 Å². The zero-order chi connectivity index (χ0) is 10.7. The summed E-state index contributed by atoms with van der Waals surface area (Å²) in [5.41, 5.74) is 3.06. The molecule has 2 atom stereocenters. The Bertz CT molecular complexity index is 319. The number of hydrogen-bond donors (Lipinski definition) is 1. The van der Waals surface area contributed by atoms with E-state index in [1.54, 1.807) is 0 Å². The van der Waals surface area contributed by atoms with Gasteiger partial charge >= 0.3 is 0 Å². The molecule has 0 heterocycles. The number of benzene rings is 1. The van der Waals surface area contributed by atoms with Gasteiger partial charge in [-0.25, -0.2) is 0 Å². The maximum atomic E-state index is 9.02. The molecule has 0 aromatic heterocycles. The SMILES string of the molecule is C[C@@H](CCO)[C@H]1CCCc2ccccc21. The first-order chi connectivity index (χ1) is 7.33. The van der Waals surface area contributed by atoms with Gasteiger partial charge in [0.15, 0.2) is 0 Å². The van der Waals surface area contributed by atoms with Gasteiger partial charge in [0.2, 0.25) is 0 Å². The van der Waals surface area contributed by atoms with Crippen LogP contribution in [0.3, 0.4) is 0 Å². The highest BCUT2D eigenvalue weighted by molar-refractivity contribution is 5.32. The van der Waals surface area contributed by atoms with E-state index in [1.807, 2.05) is 0 Å². The van der Waals surface area contributed by atoms with E-state index in [0.29, 0.717) is 18.4 Å². The fourth-order valence-electron chi connectivity index (χ4n) is 2.79. The second kappa shape index (κ2) is 4.80. The molecule has 1 nitrogen and oxygen atoms in total. The van der Waals surface area contributed by atoms with E-state index in [4.69, 9.17) is 5.11 Å². The number of hydrogen-bond acceptors (Lipinski definition) is 1. The summed E-state index contributed by atoms with van der Waals surface area (Å²) in [4.78, 5) is 0. The Hall–Kier alpha value is -0.820. The molecule has 0 spiro atoms. The summed E-state index contributed by atoms with van der Waals surface area (Å²) in [7, 11) is 0. The predicted octanol–water partition coefficient (Wildman–Crippen LogP) is 3.13. The molecule has 1 heteroatoms. The van der Waals surface area contributed by atoms with Gasteiger partial charge in [-0.05, 0) is 48.6 Å². The Balaban J connectivity index is 2.21. The molecule has 1 aliphatic carbocycles. The van der Waals surface area contributed by atoms with Crippen LogP contribution in [0, 0.1) is 5.92 Å². The molecule has 82 valence electrons. The maximum Gasteiger partial charge on any atom is 0.0433 e. The molecule has 1 aliphatic rings. The number of aliphatic hydroxyl groups is 1. The largest absolute Gasteiger partial charge is 0.396 e. The van der Waals surface area contributed by atoms with Crippen LogP contribution in [0.4, 0.5) is 0 Å². The van der Waals surface area contributed by atoms with Crippen molar-refractivity contribution >= 4 is 0 Å². The Morgan fingerprint density at radius 2 is 2.20 bits per heavy atom. The van der Waals surface area contributed by atoms with Crippen molar-refractivity contribution in [3.8, 4) is 0 Å². The van der Waals surface area contributed by atoms with E-state index in [9.17, 15) is 0 Å². The van der Waals surface area contributed by atoms with Gasteiger partial charge in [0, 0.05) is 6.61 Å². The summed E-state index contributed by atoms with van der Waals surface area (Å²) in [5, 5.41) is 9.02. The van der Waals surface area contributed by atoms with E-state index < -0.39 is 0 Å². The van der Waals surface area contributed by atoms with Crippen molar-refractivity contribution in [3.05, 3.63) is 35.4 Å². The minimum atomic E-state index is 0.319. The minimum Gasteiger partial charge on any atom is -0.396 e. The molecule has 1 aromatic carbocycles. The lowest BCUT2D eigenvalue weighted by Crippen LogP contribution is -2.17. The lowest BCUT2D eigenvalue weighted by atomic mass is 9.75. The van der Waals surface area contributed by atoms with Crippen LogP contribution in [-0.2, 0) is 6.42 Å². The molecule has 0 aliphatic heterocycles. The third-order valence-corrected chi connectivity index (χ3v) is 3.69. The summed E-state index contributed by atoms with van der Waals surface area (Å²) < 4.78 is 0. The molecule has 0 saturated carbocycles. The third kappa shape index (κ3) is 2.23. The summed E-state index contributed by atoms with van der Waals surface area (Å²) in [5.74, 6) is 1.28. The van der Waals surface area contributed by atoms with Crippen molar-refractivity contribution in [1.29, 1.82) is 0 Å². The predicted molar refractivity (Wildman–Crippen MR) is 63.0 cm³/mol. The normalized spacial score (nSPS) is 22.1. The maximum absolute atomic E-state index is 9.02. The number of rotatable bonds is 3. The third-order valence-electron chi connectivity index (χ3n) is 3.69. The van der Waals surface area contributed by atoms with Crippen LogP contribution < -0.4 is 0 Å². The topological polar surface area (TPSA) is 20.2 Å². The van der Waals surface area contributed by atoms with E-state index in [-0.39, 0.29) is 0 Å². The monoisotopic (exact) mass is 204 g/mol. The first kappa shape index (κ1) is 10.7. The summed E-state index contributed by atoms with van der Waals surface area (Å²) in [6.45, 7) is 2.59. The van der Waals surface area contributed by atoms with Crippen LogP contribution in [0.1, 0.15) is 43.2 Å². The van der Waals surface area contributed by atoms with Crippen LogP contribution in [0.5, 0.6) is 0 Å². The minimum absolute atomic E-state index is 0.319. The fraction of sp³-hybridized carbons (Fsp3) is 0.571. The molecule has 1 N–H and O–H groups in total. The highest BCUT2D eigenvalue weighted by Crippen LogP contribution is 2.37. The van der Waals surface area contributed by atoms with Crippen LogP contribution in [0.15, 0.2) is 24.3 Å². The van der Waals surface area contributed by atoms with E-state index >= 15 is 0 Å². The fourth-order valence-corrected chi connectivity index (χ4v) is 2.79. The van der Waals surface area contributed by atoms with E-state index in [2.05, 4.69) is 31.2 Å². The van der Waals surface area contributed by atoms with Gasteiger partial charge in [0.1, 0.15) is 0 Å². The van der Waals surface area contributed by atoms with E-state index in [0.717, 1.165) is 6.42 Å². The van der Waals surface area contributed by atoms with Gasteiger partial charge in [-0.3, -0.25) is 0 Å². The quantitative estimate of drug-likeness (QED) is 0.802. The first-order valence-corrected chi connectivity index (χ1v) is 6.01. The molecule has 1 aromatic rings. The van der Waals surface area contributed by atoms with Crippen molar-refractivity contribution < 1.29 is 5.11 Å². The molecular weight excluding hydrogens is 184 g/mol. The molecule has 0 radical (unpaired) electrons. The summed E-state index contributed by atoms with van der Waals surface area (Å²) in [6.07, 6.45) is 4.76. The van der Waals surface area contributed by atoms with Gasteiger partial charge in [0.25, 0.3) is 0 Å². The lowest BCUT2D eigenvalue weighted by Gasteiger charge is -2.30. The van der Waals surface area contributed by atoms with Gasteiger partial charge in [-0.1, -0.05) is 31.2 Å². The van der Waals surface area contributed by atoms with Crippen LogP contribution in [0.2, 0.25) is 0 Å². The molecular formula is C14H20O. The molecule has 0 amide bonds. The highest BCUT2D eigenvalue weighted by atomic mass is 16.3. The summed E-state index contributed by atoms with van der Waals surface area (Å²) >= 11 is 0. The summed E-state index contributed by atoms with van der Waals surface area (Å²) in [6, 6.07) is 8.81. The molecule has 0 bridgehead atoms.